The van der Waals surface area contributed by atoms with Gasteiger partial charge in [-0.15, -0.1) is 0 Å². The summed E-state index contributed by atoms with van der Waals surface area (Å²) in [4.78, 5) is 25.7. The van der Waals surface area contributed by atoms with Crippen molar-refractivity contribution in [1.29, 1.82) is 0 Å². The van der Waals surface area contributed by atoms with Crippen LogP contribution >= 0.6 is 11.6 Å². The molecule has 2 aromatic carbocycles. The number of nitrogens with zero attached hydrogens (tertiary/aromatic N) is 1. The molecule has 1 aliphatic heterocycles. The molecule has 0 atom stereocenters. The fourth-order valence-electron chi connectivity index (χ4n) is 3.15. The van der Waals surface area contributed by atoms with Crippen LogP contribution in [0.3, 0.4) is 0 Å². The molecule has 1 N–H and O–H groups in total. The van der Waals surface area contributed by atoms with E-state index in [1.54, 1.807) is 50.2 Å². The molecule has 6 nitrogen and oxygen atoms in total. The largest absolute Gasteiger partial charge is 0.324 e. The Bertz CT molecular complexity index is 1110. The van der Waals surface area contributed by atoms with Gasteiger partial charge in [-0.1, -0.05) is 35.9 Å². The van der Waals surface area contributed by atoms with Gasteiger partial charge < -0.3 is 5.32 Å². The van der Waals surface area contributed by atoms with E-state index in [9.17, 15) is 18.0 Å². The molecular weight excluding hydrogens is 400 g/mol. The lowest BCUT2D eigenvalue weighted by Gasteiger charge is -2.35. The number of Topliss-reactive ketones (excluding diaryl/α,β-unsaturated/α-hetero) is 1. The summed E-state index contributed by atoms with van der Waals surface area (Å²) in [6, 6.07) is 12.0. The van der Waals surface area contributed by atoms with Gasteiger partial charge in [0.2, 0.25) is 5.78 Å². The topological polar surface area (TPSA) is 83.5 Å². The number of rotatable bonds is 3. The monoisotopic (exact) mass is 418 g/mol. The number of carbonyl (C=O) groups is 2. The van der Waals surface area contributed by atoms with E-state index >= 15 is 0 Å². The number of carbonyl (C=O) groups excluding carboxylic acids is 2. The van der Waals surface area contributed by atoms with Crippen LogP contribution in [0.2, 0.25) is 5.02 Å². The predicted octanol–water partition coefficient (Wildman–Crippen LogP) is 3.60. The van der Waals surface area contributed by atoms with E-state index < -0.39 is 27.8 Å². The minimum atomic E-state index is -3.94. The summed E-state index contributed by atoms with van der Waals surface area (Å²) in [6.07, 6.45) is 0. The second kappa shape index (κ2) is 7.41. The molecule has 0 unspecified atom stereocenters. The molecule has 1 aliphatic rings. The third kappa shape index (κ3) is 3.31. The van der Waals surface area contributed by atoms with E-state index in [0.29, 0.717) is 0 Å². The Kier molecular flexibility index (Phi) is 5.32. The second-order valence-electron chi connectivity index (χ2n) is 6.63. The molecule has 0 saturated carbocycles. The second-order valence-corrected chi connectivity index (χ2v) is 8.82. The Hall–Kier alpha value is -2.64. The summed E-state index contributed by atoms with van der Waals surface area (Å²) in [7, 11) is -3.94. The van der Waals surface area contributed by atoms with Crippen molar-refractivity contribution in [2.24, 2.45) is 0 Å². The normalized spacial score (nSPS) is 17.3. The van der Waals surface area contributed by atoms with Gasteiger partial charge in [-0.25, -0.2) is 8.42 Å². The fraction of sp³-hybridized carbons (Fsp3) is 0.200. The summed E-state index contributed by atoms with van der Waals surface area (Å²) >= 11 is 6.06. The molecule has 146 valence electrons. The molecule has 0 spiro atoms. The minimum Gasteiger partial charge on any atom is -0.324 e. The molecule has 0 aromatic heterocycles. The number of amides is 1. The molecule has 0 aliphatic carbocycles. The van der Waals surface area contributed by atoms with Gasteiger partial charge >= 0.3 is 0 Å². The first-order chi connectivity index (χ1) is 13.2. The lowest BCUT2D eigenvalue weighted by atomic mass is 10.1. The summed E-state index contributed by atoms with van der Waals surface area (Å²) in [5.41, 5.74) is 0.378. The van der Waals surface area contributed by atoms with E-state index in [2.05, 4.69) is 5.32 Å². The first-order valence-corrected chi connectivity index (χ1v) is 10.4. The number of allylic oxidation sites excluding steroid dienone is 2. The number of halogens is 1. The van der Waals surface area contributed by atoms with Crippen LogP contribution in [0.1, 0.15) is 41.5 Å². The highest BCUT2D eigenvalue weighted by Gasteiger charge is 2.41. The molecular formula is C20H19ClN2O4S. The Morgan fingerprint density at radius 2 is 1.68 bits per heavy atom. The molecule has 0 bridgehead atoms. The van der Waals surface area contributed by atoms with Crippen molar-refractivity contribution in [3.8, 4) is 0 Å². The zero-order valence-electron chi connectivity index (χ0n) is 15.6. The van der Waals surface area contributed by atoms with Crippen molar-refractivity contribution in [2.75, 3.05) is 0 Å². The zero-order valence-corrected chi connectivity index (χ0v) is 17.1. The molecule has 0 radical (unpaired) electrons. The van der Waals surface area contributed by atoms with E-state index in [1.165, 1.54) is 19.1 Å². The van der Waals surface area contributed by atoms with Gasteiger partial charge in [0.1, 0.15) is 5.70 Å². The number of nitrogens with one attached hydrogen (secondary N) is 1. The average Bonchev–Trinajstić information content (AvgIpc) is 2.64. The summed E-state index contributed by atoms with van der Waals surface area (Å²) in [5, 5.41) is 2.88. The van der Waals surface area contributed by atoms with Crippen LogP contribution in [0.15, 0.2) is 64.8 Å². The number of hydrogen-bond acceptors (Lipinski definition) is 4. The number of fused-ring (bicyclic) bond motifs is 1. The van der Waals surface area contributed by atoms with Crippen molar-refractivity contribution < 1.29 is 18.0 Å². The third-order valence-electron chi connectivity index (χ3n) is 4.35. The lowest BCUT2D eigenvalue weighted by molar-refractivity contribution is 0.0961. The van der Waals surface area contributed by atoms with Crippen molar-refractivity contribution in [3.63, 3.8) is 0 Å². The Labute approximate surface area is 168 Å². The van der Waals surface area contributed by atoms with Crippen molar-refractivity contribution in [2.45, 2.75) is 31.7 Å². The molecule has 2 aromatic rings. The van der Waals surface area contributed by atoms with Gasteiger partial charge in [0.05, 0.1) is 15.5 Å². The predicted molar refractivity (Wildman–Crippen MR) is 107 cm³/mol. The van der Waals surface area contributed by atoms with Crippen LogP contribution < -0.4 is 5.32 Å². The van der Waals surface area contributed by atoms with Crippen LogP contribution in [-0.2, 0) is 10.0 Å². The number of ketones is 1. The molecule has 3 rings (SSSR count). The highest BCUT2D eigenvalue weighted by molar-refractivity contribution is 7.89. The average molecular weight is 419 g/mol. The van der Waals surface area contributed by atoms with Crippen molar-refractivity contribution >= 4 is 33.3 Å². The molecule has 1 heterocycles. The SMILES string of the molecule is C/C(NC(=O)c1ccccc1Cl)=C1/C(=O)c2ccccc2S(=O)(=O)N1C(C)C. The smallest absolute Gasteiger partial charge is 0.265 e. The number of hydrogen-bond donors (Lipinski definition) is 1. The van der Waals surface area contributed by atoms with Crippen molar-refractivity contribution in [3.05, 3.63) is 76.1 Å². The Morgan fingerprint density at radius 3 is 2.32 bits per heavy atom. The van der Waals surface area contributed by atoms with Crippen LogP contribution in [0.4, 0.5) is 0 Å². The van der Waals surface area contributed by atoms with Gasteiger partial charge in [0, 0.05) is 17.3 Å². The maximum atomic E-state index is 13.1. The van der Waals surface area contributed by atoms with Gasteiger partial charge in [-0.2, -0.15) is 0 Å². The van der Waals surface area contributed by atoms with Gasteiger partial charge in [-0.05, 0) is 45.0 Å². The quantitative estimate of drug-likeness (QED) is 0.772. The van der Waals surface area contributed by atoms with Crippen molar-refractivity contribution in [1.82, 2.24) is 9.62 Å². The van der Waals surface area contributed by atoms with E-state index in [0.717, 1.165) is 4.31 Å². The summed E-state index contributed by atoms with van der Waals surface area (Å²) in [5.74, 6) is -0.987. The molecule has 8 heteroatoms. The number of benzene rings is 2. The maximum absolute atomic E-state index is 13.1. The van der Waals surface area contributed by atoms with E-state index in [1.807, 2.05) is 0 Å². The van der Waals surface area contributed by atoms with Crippen LogP contribution in [0.25, 0.3) is 0 Å². The summed E-state index contributed by atoms with van der Waals surface area (Å²) < 4.78 is 27.3. The van der Waals surface area contributed by atoms with Crippen LogP contribution in [0.5, 0.6) is 0 Å². The van der Waals surface area contributed by atoms with E-state index in [-0.39, 0.29) is 32.4 Å². The first-order valence-electron chi connectivity index (χ1n) is 8.61. The van der Waals surface area contributed by atoms with Crippen LogP contribution in [-0.4, -0.2) is 30.5 Å². The highest BCUT2D eigenvalue weighted by atomic mass is 35.5. The maximum Gasteiger partial charge on any atom is 0.265 e. The molecule has 0 fully saturated rings. The standard InChI is InChI=1S/C20H19ClN2O4S/c1-12(2)23-18(13(3)22-20(25)14-8-4-6-10-16(14)21)19(24)15-9-5-7-11-17(15)28(23,26)27/h4-12H,1-3H3,(H,22,25)/b18-13+. The van der Waals surface area contributed by atoms with Gasteiger partial charge in [-0.3, -0.25) is 13.9 Å². The van der Waals surface area contributed by atoms with Gasteiger partial charge in [0.15, 0.2) is 0 Å². The molecule has 1 amide bonds. The van der Waals surface area contributed by atoms with Gasteiger partial charge in [0.25, 0.3) is 15.9 Å². The third-order valence-corrected chi connectivity index (χ3v) is 6.71. The lowest BCUT2D eigenvalue weighted by Crippen LogP contribution is -2.45. The Balaban J connectivity index is 2.14. The highest BCUT2D eigenvalue weighted by Crippen LogP contribution is 2.34. The molecule has 0 saturated heterocycles. The van der Waals surface area contributed by atoms with Crippen LogP contribution in [0, 0.1) is 0 Å². The molecule has 28 heavy (non-hydrogen) atoms. The summed E-state index contributed by atoms with van der Waals surface area (Å²) in [6.45, 7) is 4.84. The fourth-order valence-corrected chi connectivity index (χ4v) is 5.28. The zero-order chi connectivity index (χ0) is 20.6. The Morgan fingerprint density at radius 1 is 1.07 bits per heavy atom. The van der Waals surface area contributed by atoms with E-state index in [4.69, 9.17) is 11.6 Å². The number of sulfonamides is 1. The minimum absolute atomic E-state index is 0.0392. The first kappa shape index (κ1) is 20.1.